The lowest BCUT2D eigenvalue weighted by atomic mass is 10.0. The van der Waals surface area contributed by atoms with Crippen molar-refractivity contribution in [3.8, 4) is 0 Å². The standard InChI is InChI=1S/C17H9NO8/c19-13(7-1-2-11-12(6-7)17(25)26-16(11)24)18-10-4-8(14(20)21)3-9(5-10)15(22)23/h1-6H,(H,18,19)(H,20,21)(H,22,23). The summed E-state index contributed by atoms with van der Waals surface area (Å²) in [6.45, 7) is 0. The Bertz CT molecular complexity index is 976. The van der Waals surface area contributed by atoms with Crippen molar-refractivity contribution < 1.29 is 38.9 Å². The van der Waals surface area contributed by atoms with Crippen molar-refractivity contribution in [2.24, 2.45) is 0 Å². The fraction of sp³-hybridized carbons (Fsp3) is 0. The lowest BCUT2D eigenvalue weighted by Crippen LogP contribution is -2.14. The van der Waals surface area contributed by atoms with Gasteiger partial charge in [0.05, 0.1) is 22.3 Å². The first-order valence-electron chi connectivity index (χ1n) is 7.10. The van der Waals surface area contributed by atoms with Gasteiger partial charge >= 0.3 is 23.9 Å². The Labute approximate surface area is 144 Å². The van der Waals surface area contributed by atoms with Crippen molar-refractivity contribution in [2.45, 2.75) is 0 Å². The van der Waals surface area contributed by atoms with Crippen molar-refractivity contribution in [1.82, 2.24) is 0 Å². The number of amides is 1. The van der Waals surface area contributed by atoms with Crippen LogP contribution in [0.25, 0.3) is 0 Å². The van der Waals surface area contributed by atoms with Gasteiger partial charge < -0.3 is 20.3 Å². The molecule has 0 saturated carbocycles. The molecule has 9 heteroatoms. The number of carboxylic acids is 2. The van der Waals surface area contributed by atoms with E-state index >= 15 is 0 Å². The Morgan fingerprint density at radius 1 is 0.769 bits per heavy atom. The minimum absolute atomic E-state index is 0.00741. The van der Waals surface area contributed by atoms with Crippen LogP contribution in [0.3, 0.4) is 0 Å². The summed E-state index contributed by atoms with van der Waals surface area (Å²) in [5.41, 5.74) is -0.702. The largest absolute Gasteiger partial charge is 0.478 e. The van der Waals surface area contributed by atoms with Crippen LogP contribution in [0, 0.1) is 0 Å². The van der Waals surface area contributed by atoms with Gasteiger partial charge in [0.25, 0.3) is 5.91 Å². The van der Waals surface area contributed by atoms with E-state index in [9.17, 15) is 24.0 Å². The topological polar surface area (TPSA) is 147 Å². The highest BCUT2D eigenvalue weighted by Crippen LogP contribution is 2.22. The molecular weight excluding hydrogens is 346 g/mol. The summed E-state index contributed by atoms with van der Waals surface area (Å²) in [5.74, 6) is -5.12. The predicted molar refractivity (Wildman–Crippen MR) is 84.5 cm³/mol. The first-order valence-corrected chi connectivity index (χ1v) is 7.10. The second kappa shape index (κ2) is 6.13. The molecule has 130 valence electrons. The molecule has 1 aliphatic heterocycles. The first kappa shape index (κ1) is 16.8. The molecule has 1 amide bonds. The summed E-state index contributed by atoms with van der Waals surface area (Å²) >= 11 is 0. The third-order valence-corrected chi connectivity index (χ3v) is 3.59. The normalized spacial score (nSPS) is 12.3. The van der Waals surface area contributed by atoms with Crippen LogP contribution in [-0.4, -0.2) is 40.0 Å². The maximum absolute atomic E-state index is 12.3. The summed E-state index contributed by atoms with van der Waals surface area (Å²) in [6, 6.07) is 6.85. The van der Waals surface area contributed by atoms with Crippen LogP contribution in [0.5, 0.6) is 0 Å². The number of anilines is 1. The van der Waals surface area contributed by atoms with Crippen molar-refractivity contribution in [2.75, 3.05) is 5.32 Å². The molecule has 0 saturated heterocycles. The lowest BCUT2D eigenvalue weighted by molar-refractivity contribution is 0.0442. The first-order chi connectivity index (χ1) is 12.3. The molecule has 2 aromatic carbocycles. The second-order valence-corrected chi connectivity index (χ2v) is 5.30. The molecule has 0 atom stereocenters. The van der Waals surface area contributed by atoms with Gasteiger partial charge in [0.1, 0.15) is 0 Å². The van der Waals surface area contributed by atoms with Crippen molar-refractivity contribution in [3.05, 3.63) is 64.2 Å². The number of carbonyl (C=O) groups excluding carboxylic acids is 3. The number of benzene rings is 2. The summed E-state index contributed by atoms with van der Waals surface area (Å²) in [7, 11) is 0. The second-order valence-electron chi connectivity index (χ2n) is 5.30. The summed E-state index contributed by atoms with van der Waals surface area (Å²) in [5, 5.41) is 20.4. The molecule has 0 aromatic heterocycles. The molecule has 2 aromatic rings. The van der Waals surface area contributed by atoms with Gasteiger partial charge in [-0.2, -0.15) is 0 Å². The van der Waals surface area contributed by atoms with E-state index < -0.39 is 29.8 Å². The molecule has 9 nitrogen and oxygen atoms in total. The number of ether oxygens (including phenoxy) is 1. The molecule has 0 spiro atoms. The molecular formula is C17H9NO8. The Hall–Kier alpha value is -4.01. The number of hydrogen-bond donors (Lipinski definition) is 3. The number of carbonyl (C=O) groups is 5. The quantitative estimate of drug-likeness (QED) is 0.554. The van der Waals surface area contributed by atoms with Crippen molar-refractivity contribution in [3.63, 3.8) is 0 Å². The molecule has 3 rings (SSSR count). The zero-order valence-electron chi connectivity index (χ0n) is 12.8. The van der Waals surface area contributed by atoms with E-state index in [0.717, 1.165) is 24.3 Å². The highest BCUT2D eigenvalue weighted by molar-refractivity contribution is 6.16. The van der Waals surface area contributed by atoms with Crippen molar-refractivity contribution >= 4 is 35.5 Å². The number of carboxylic acid groups (broad SMARTS) is 2. The Morgan fingerprint density at radius 2 is 1.35 bits per heavy atom. The number of aromatic carboxylic acids is 2. The van der Waals surface area contributed by atoms with Crippen LogP contribution in [-0.2, 0) is 4.74 Å². The van der Waals surface area contributed by atoms with Gasteiger partial charge in [0.2, 0.25) is 0 Å². The van der Waals surface area contributed by atoms with Gasteiger partial charge in [-0.15, -0.1) is 0 Å². The Balaban J connectivity index is 1.92. The molecule has 0 fully saturated rings. The highest BCUT2D eigenvalue weighted by atomic mass is 16.6. The Kier molecular flexibility index (Phi) is 3.97. The number of hydrogen-bond acceptors (Lipinski definition) is 6. The molecule has 0 unspecified atom stereocenters. The molecule has 0 radical (unpaired) electrons. The maximum atomic E-state index is 12.3. The zero-order chi connectivity index (χ0) is 19.0. The minimum atomic E-state index is -1.36. The van der Waals surface area contributed by atoms with Crippen LogP contribution in [0.2, 0.25) is 0 Å². The smallest absolute Gasteiger partial charge is 0.346 e. The van der Waals surface area contributed by atoms with E-state index in [2.05, 4.69) is 10.1 Å². The maximum Gasteiger partial charge on any atom is 0.346 e. The average molecular weight is 355 g/mol. The van der Waals surface area contributed by atoms with E-state index in [1.165, 1.54) is 12.1 Å². The summed E-state index contributed by atoms with van der Waals surface area (Å²) < 4.78 is 4.43. The molecule has 1 heterocycles. The number of esters is 2. The highest BCUT2D eigenvalue weighted by Gasteiger charge is 2.30. The predicted octanol–water partition coefficient (Wildman–Crippen LogP) is 1.65. The summed E-state index contributed by atoms with van der Waals surface area (Å²) in [4.78, 5) is 57.4. The van der Waals surface area contributed by atoms with Crippen LogP contribution in [0.1, 0.15) is 51.8 Å². The minimum Gasteiger partial charge on any atom is -0.478 e. The number of cyclic esters (lactones) is 2. The van der Waals surface area contributed by atoms with Gasteiger partial charge in [-0.05, 0) is 36.4 Å². The number of rotatable bonds is 4. The van der Waals surface area contributed by atoms with Crippen LogP contribution < -0.4 is 5.32 Å². The van der Waals surface area contributed by atoms with E-state index in [-0.39, 0.29) is 33.5 Å². The van der Waals surface area contributed by atoms with Crippen LogP contribution in [0.4, 0.5) is 5.69 Å². The average Bonchev–Trinajstić information content (AvgIpc) is 2.88. The van der Waals surface area contributed by atoms with E-state index in [1.54, 1.807) is 0 Å². The lowest BCUT2D eigenvalue weighted by Gasteiger charge is -2.08. The van der Waals surface area contributed by atoms with Crippen LogP contribution >= 0.6 is 0 Å². The Morgan fingerprint density at radius 3 is 1.92 bits per heavy atom. The number of nitrogens with one attached hydrogen (secondary N) is 1. The summed E-state index contributed by atoms with van der Waals surface area (Å²) in [6.07, 6.45) is 0. The number of fused-ring (bicyclic) bond motifs is 1. The van der Waals surface area contributed by atoms with Gasteiger partial charge in [-0.3, -0.25) is 4.79 Å². The fourth-order valence-corrected chi connectivity index (χ4v) is 2.38. The SMILES string of the molecule is O=C(O)c1cc(NC(=O)c2ccc3c(c2)C(=O)OC3=O)cc(C(=O)O)c1. The van der Waals surface area contributed by atoms with Crippen LogP contribution in [0.15, 0.2) is 36.4 Å². The van der Waals surface area contributed by atoms with Gasteiger partial charge in [0, 0.05) is 11.3 Å². The van der Waals surface area contributed by atoms with Gasteiger partial charge in [0.15, 0.2) is 0 Å². The molecule has 3 N–H and O–H groups in total. The third kappa shape index (κ3) is 3.00. The van der Waals surface area contributed by atoms with E-state index in [0.29, 0.717) is 0 Å². The fourth-order valence-electron chi connectivity index (χ4n) is 2.38. The third-order valence-electron chi connectivity index (χ3n) is 3.59. The van der Waals surface area contributed by atoms with Gasteiger partial charge in [-0.1, -0.05) is 0 Å². The zero-order valence-corrected chi connectivity index (χ0v) is 12.8. The van der Waals surface area contributed by atoms with E-state index in [1.807, 2.05) is 0 Å². The van der Waals surface area contributed by atoms with E-state index in [4.69, 9.17) is 10.2 Å². The molecule has 0 aliphatic carbocycles. The molecule has 26 heavy (non-hydrogen) atoms. The van der Waals surface area contributed by atoms with Gasteiger partial charge in [-0.25, -0.2) is 19.2 Å². The van der Waals surface area contributed by atoms with Crippen molar-refractivity contribution in [1.29, 1.82) is 0 Å². The monoisotopic (exact) mass is 355 g/mol. The molecule has 1 aliphatic rings. The molecule has 0 bridgehead atoms.